The number of carbonyl (C=O) groups excluding carboxylic acids is 1. The van der Waals surface area contributed by atoms with Crippen LogP contribution in [0.15, 0.2) is 54.9 Å². The van der Waals surface area contributed by atoms with Crippen molar-refractivity contribution in [1.29, 1.82) is 0 Å². The van der Waals surface area contributed by atoms with Crippen LogP contribution >= 0.6 is 0 Å². The quantitative estimate of drug-likeness (QED) is 0.761. The second-order valence-electron chi connectivity index (χ2n) is 4.57. The van der Waals surface area contributed by atoms with Gasteiger partial charge in [-0.15, -0.1) is 0 Å². The largest absolute Gasteiger partial charge is 0.360 e. The fourth-order valence-corrected chi connectivity index (χ4v) is 2.20. The van der Waals surface area contributed by atoms with Crippen LogP contribution in [0.3, 0.4) is 0 Å². The zero-order chi connectivity index (χ0) is 13.8. The van der Waals surface area contributed by atoms with Gasteiger partial charge in [0.1, 0.15) is 0 Å². The molecule has 2 heterocycles. The number of hydrogen-bond acceptors (Lipinski definition) is 2. The van der Waals surface area contributed by atoms with Gasteiger partial charge in [0.2, 0.25) is 0 Å². The minimum absolute atomic E-state index is 0.0571. The number of amides is 1. The fourth-order valence-electron chi connectivity index (χ4n) is 2.20. The molecular weight excluding hydrogens is 250 g/mol. The highest BCUT2D eigenvalue weighted by Gasteiger charge is 2.10. The molecule has 0 spiro atoms. The summed E-state index contributed by atoms with van der Waals surface area (Å²) in [6.07, 6.45) is 4.24. The molecule has 0 aliphatic rings. The number of pyridine rings is 1. The number of hydrogen-bond donors (Lipinski definition) is 2. The minimum Gasteiger partial charge on any atom is -0.360 e. The van der Waals surface area contributed by atoms with Gasteiger partial charge in [0.15, 0.2) is 0 Å². The number of para-hydroxylation sites is 1. The van der Waals surface area contributed by atoms with Crippen LogP contribution in [0.2, 0.25) is 0 Å². The lowest BCUT2D eigenvalue weighted by Gasteiger charge is -2.04. The Kier molecular flexibility index (Phi) is 3.46. The van der Waals surface area contributed by atoms with E-state index in [1.54, 1.807) is 12.4 Å². The van der Waals surface area contributed by atoms with Gasteiger partial charge < -0.3 is 10.3 Å². The third kappa shape index (κ3) is 2.54. The number of carbonyl (C=O) groups is 1. The molecule has 1 amide bonds. The Morgan fingerprint density at radius 3 is 2.85 bits per heavy atom. The van der Waals surface area contributed by atoms with Crippen LogP contribution in [0, 0.1) is 0 Å². The lowest BCUT2D eigenvalue weighted by Crippen LogP contribution is -2.25. The second kappa shape index (κ2) is 5.57. The van der Waals surface area contributed by atoms with Gasteiger partial charge in [-0.1, -0.05) is 24.3 Å². The summed E-state index contributed by atoms with van der Waals surface area (Å²) in [5, 5.41) is 3.87. The summed E-state index contributed by atoms with van der Waals surface area (Å²) in [5.41, 5.74) is 2.63. The van der Waals surface area contributed by atoms with E-state index in [1.165, 1.54) is 0 Å². The van der Waals surface area contributed by atoms with Crippen LogP contribution in [-0.2, 0) is 6.42 Å². The lowest BCUT2D eigenvalue weighted by atomic mass is 10.1. The normalized spacial score (nSPS) is 10.6. The van der Waals surface area contributed by atoms with Crippen LogP contribution in [0.5, 0.6) is 0 Å². The number of nitrogens with zero attached hydrogens (tertiary/aromatic N) is 1. The van der Waals surface area contributed by atoms with Crippen molar-refractivity contribution in [1.82, 2.24) is 15.3 Å². The molecule has 2 N–H and O–H groups in total. The van der Waals surface area contributed by atoms with E-state index in [-0.39, 0.29) is 5.91 Å². The molecule has 100 valence electrons. The molecule has 0 aliphatic heterocycles. The number of rotatable bonds is 4. The second-order valence-corrected chi connectivity index (χ2v) is 4.57. The van der Waals surface area contributed by atoms with Crippen LogP contribution in [0.25, 0.3) is 10.9 Å². The van der Waals surface area contributed by atoms with Gasteiger partial charge in [-0.25, -0.2) is 0 Å². The molecule has 0 radical (unpaired) electrons. The van der Waals surface area contributed by atoms with E-state index in [0.29, 0.717) is 12.1 Å². The van der Waals surface area contributed by atoms with Crippen LogP contribution in [0.1, 0.15) is 16.1 Å². The summed E-state index contributed by atoms with van der Waals surface area (Å²) in [4.78, 5) is 19.5. The molecule has 0 saturated heterocycles. The van der Waals surface area contributed by atoms with Crippen LogP contribution in [0.4, 0.5) is 0 Å². The van der Waals surface area contributed by atoms with Gasteiger partial charge in [-0.2, -0.15) is 0 Å². The first-order chi connectivity index (χ1) is 9.84. The van der Waals surface area contributed by atoms with Crippen molar-refractivity contribution < 1.29 is 4.79 Å². The molecule has 3 rings (SSSR count). The Bertz CT molecular complexity index is 719. The molecule has 0 bridgehead atoms. The number of H-pyrrole nitrogens is 1. The Hall–Kier alpha value is -2.62. The third-order valence-electron chi connectivity index (χ3n) is 3.23. The molecule has 20 heavy (non-hydrogen) atoms. The zero-order valence-corrected chi connectivity index (χ0v) is 11.0. The van der Waals surface area contributed by atoms with Gasteiger partial charge in [0.25, 0.3) is 5.91 Å². The van der Waals surface area contributed by atoms with Gasteiger partial charge in [-0.3, -0.25) is 9.78 Å². The average molecular weight is 265 g/mol. The number of aromatic nitrogens is 2. The predicted octanol–water partition coefficient (Wildman–Crippen LogP) is 2.54. The van der Waals surface area contributed by atoms with E-state index in [2.05, 4.69) is 15.3 Å². The summed E-state index contributed by atoms with van der Waals surface area (Å²) in [6, 6.07) is 13.6. The standard InChI is InChI=1S/C16H15N3O/c20-16(18-10-8-12-5-3-4-9-17-12)14-11-19-15-7-2-1-6-13(14)15/h1-7,9,11,19H,8,10H2,(H,18,20). The van der Waals surface area contributed by atoms with Crippen LogP contribution < -0.4 is 5.32 Å². The predicted molar refractivity (Wildman–Crippen MR) is 78.6 cm³/mol. The first-order valence-corrected chi connectivity index (χ1v) is 6.59. The molecule has 0 saturated carbocycles. The zero-order valence-electron chi connectivity index (χ0n) is 11.0. The Morgan fingerprint density at radius 2 is 2.00 bits per heavy atom. The number of nitrogens with one attached hydrogen (secondary N) is 2. The number of benzene rings is 1. The Morgan fingerprint density at radius 1 is 1.15 bits per heavy atom. The Balaban J connectivity index is 1.65. The van der Waals surface area contributed by atoms with Crippen molar-refractivity contribution >= 4 is 16.8 Å². The molecular formula is C16H15N3O. The summed E-state index contributed by atoms with van der Waals surface area (Å²) in [5.74, 6) is -0.0571. The maximum Gasteiger partial charge on any atom is 0.253 e. The maximum absolute atomic E-state index is 12.2. The Labute approximate surface area is 116 Å². The molecule has 4 heteroatoms. The van der Waals surface area contributed by atoms with Gasteiger partial charge in [-0.05, 0) is 18.2 Å². The molecule has 3 aromatic rings. The van der Waals surface area contributed by atoms with Crippen molar-refractivity contribution in [2.45, 2.75) is 6.42 Å². The smallest absolute Gasteiger partial charge is 0.253 e. The highest BCUT2D eigenvalue weighted by molar-refractivity contribution is 6.06. The molecule has 0 aliphatic carbocycles. The summed E-state index contributed by atoms with van der Waals surface area (Å²) < 4.78 is 0. The molecule has 0 unspecified atom stereocenters. The van der Waals surface area contributed by atoms with Gasteiger partial charge in [0.05, 0.1) is 5.56 Å². The topological polar surface area (TPSA) is 57.8 Å². The molecule has 0 fully saturated rings. The summed E-state index contributed by atoms with van der Waals surface area (Å²) in [7, 11) is 0. The number of fused-ring (bicyclic) bond motifs is 1. The van der Waals surface area contributed by atoms with E-state index < -0.39 is 0 Å². The monoisotopic (exact) mass is 265 g/mol. The van der Waals surface area contributed by atoms with Crippen molar-refractivity contribution in [3.05, 3.63) is 66.1 Å². The molecule has 2 aromatic heterocycles. The van der Waals surface area contributed by atoms with Crippen molar-refractivity contribution in [3.8, 4) is 0 Å². The first-order valence-electron chi connectivity index (χ1n) is 6.59. The minimum atomic E-state index is -0.0571. The maximum atomic E-state index is 12.2. The van der Waals surface area contributed by atoms with Gasteiger partial charge >= 0.3 is 0 Å². The lowest BCUT2D eigenvalue weighted by molar-refractivity contribution is 0.0956. The highest BCUT2D eigenvalue weighted by atomic mass is 16.1. The number of aromatic amines is 1. The van der Waals surface area contributed by atoms with Crippen molar-refractivity contribution in [2.75, 3.05) is 6.54 Å². The highest BCUT2D eigenvalue weighted by Crippen LogP contribution is 2.17. The van der Waals surface area contributed by atoms with E-state index in [9.17, 15) is 4.79 Å². The van der Waals surface area contributed by atoms with E-state index in [1.807, 2.05) is 42.5 Å². The van der Waals surface area contributed by atoms with E-state index >= 15 is 0 Å². The van der Waals surface area contributed by atoms with Crippen molar-refractivity contribution in [3.63, 3.8) is 0 Å². The van der Waals surface area contributed by atoms with Crippen molar-refractivity contribution in [2.24, 2.45) is 0 Å². The fraction of sp³-hybridized carbons (Fsp3) is 0.125. The van der Waals surface area contributed by atoms with Gasteiger partial charge in [0, 0.05) is 42.0 Å². The third-order valence-corrected chi connectivity index (χ3v) is 3.23. The molecule has 1 aromatic carbocycles. The average Bonchev–Trinajstić information content (AvgIpc) is 2.92. The first kappa shape index (κ1) is 12.4. The van der Waals surface area contributed by atoms with Crippen LogP contribution in [-0.4, -0.2) is 22.4 Å². The molecule has 4 nitrogen and oxygen atoms in total. The molecule has 0 atom stereocenters. The van der Waals surface area contributed by atoms with E-state index in [4.69, 9.17) is 0 Å². The van der Waals surface area contributed by atoms with E-state index in [0.717, 1.165) is 23.0 Å². The summed E-state index contributed by atoms with van der Waals surface area (Å²) in [6.45, 7) is 0.579. The SMILES string of the molecule is O=C(NCCc1ccccn1)c1c[nH]c2ccccc12. The summed E-state index contributed by atoms with van der Waals surface area (Å²) >= 11 is 0.